The van der Waals surface area contributed by atoms with Gasteiger partial charge in [-0.2, -0.15) is 0 Å². The second-order valence-electron chi connectivity index (χ2n) is 18.5. The van der Waals surface area contributed by atoms with Crippen molar-refractivity contribution in [2.45, 2.75) is 19.3 Å². The first-order chi connectivity index (χ1) is 33.0. The number of rotatable bonds is 7. The molecule has 0 N–H and O–H groups in total. The summed E-state index contributed by atoms with van der Waals surface area (Å²) in [5.41, 5.74) is 19.4. The van der Waals surface area contributed by atoms with Crippen LogP contribution in [0.4, 0.5) is 17.1 Å². The molecule has 316 valence electrons. The van der Waals surface area contributed by atoms with Crippen LogP contribution in [0.2, 0.25) is 0 Å². The molecule has 0 atom stereocenters. The highest BCUT2D eigenvalue weighted by Crippen LogP contribution is 2.52. The number of benzene rings is 11. The lowest BCUT2D eigenvalue weighted by atomic mass is 9.82. The van der Waals surface area contributed by atoms with Gasteiger partial charge in [0.15, 0.2) is 0 Å². The minimum atomic E-state index is -0.0867. The van der Waals surface area contributed by atoms with Crippen molar-refractivity contribution in [2.24, 2.45) is 0 Å². The molecule has 0 unspecified atom stereocenters. The molecule has 1 heterocycles. The molecular formula is C65H46N2. The molecule has 0 saturated carbocycles. The van der Waals surface area contributed by atoms with Gasteiger partial charge in [0.05, 0.1) is 11.0 Å². The van der Waals surface area contributed by atoms with Crippen LogP contribution in [-0.2, 0) is 5.41 Å². The number of anilines is 3. The second kappa shape index (κ2) is 15.3. The zero-order valence-electron chi connectivity index (χ0n) is 37.5. The van der Waals surface area contributed by atoms with Crippen LogP contribution in [-0.4, -0.2) is 4.57 Å². The molecule has 2 heteroatoms. The molecule has 1 aliphatic rings. The Hall–Kier alpha value is -8.46. The summed E-state index contributed by atoms with van der Waals surface area (Å²) >= 11 is 0. The fourth-order valence-corrected chi connectivity index (χ4v) is 11.3. The van der Waals surface area contributed by atoms with E-state index in [-0.39, 0.29) is 5.41 Å². The Bertz CT molecular complexity index is 3910. The van der Waals surface area contributed by atoms with Gasteiger partial charge in [0, 0.05) is 38.9 Å². The number of para-hydroxylation sites is 2. The van der Waals surface area contributed by atoms with E-state index in [0.717, 1.165) is 28.3 Å². The lowest BCUT2D eigenvalue weighted by molar-refractivity contribution is 0.660. The monoisotopic (exact) mass is 854 g/mol. The van der Waals surface area contributed by atoms with Gasteiger partial charge in [-0.1, -0.05) is 196 Å². The first kappa shape index (κ1) is 39.0. The zero-order chi connectivity index (χ0) is 44.6. The summed E-state index contributed by atoms with van der Waals surface area (Å²) in [7, 11) is 0. The van der Waals surface area contributed by atoms with Gasteiger partial charge < -0.3 is 9.47 Å². The van der Waals surface area contributed by atoms with Crippen molar-refractivity contribution in [1.29, 1.82) is 0 Å². The zero-order valence-corrected chi connectivity index (χ0v) is 37.5. The van der Waals surface area contributed by atoms with Crippen LogP contribution in [0.15, 0.2) is 243 Å². The molecule has 12 aromatic rings. The number of nitrogens with zero attached hydrogens (tertiary/aromatic N) is 2. The van der Waals surface area contributed by atoms with Crippen molar-refractivity contribution >= 4 is 60.4 Å². The van der Waals surface area contributed by atoms with E-state index in [1.54, 1.807) is 0 Å². The van der Waals surface area contributed by atoms with Gasteiger partial charge in [0.1, 0.15) is 0 Å². The normalized spacial score (nSPS) is 12.7. The molecule has 0 fully saturated rings. The number of hydrogen-bond acceptors (Lipinski definition) is 1. The van der Waals surface area contributed by atoms with Crippen molar-refractivity contribution in [1.82, 2.24) is 4.57 Å². The molecule has 0 aliphatic heterocycles. The number of aromatic nitrogens is 1. The van der Waals surface area contributed by atoms with Crippen molar-refractivity contribution in [3.63, 3.8) is 0 Å². The Morgan fingerprint density at radius 2 is 0.866 bits per heavy atom. The highest BCUT2D eigenvalue weighted by atomic mass is 15.1. The second-order valence-corrected chi connectivity index (χ2v) is 18.5. The fraction of sp³-hybridized carbons (Fsp3) is 0.0462. The molecule has 13 rings (SSSR count). The standard InChI is InChI=1S/C65H46N2/c1-65(2)59-34-10-8-28-57(59)63-53(31-16-35-60(63)65)45-20-13-25-49(41-45)66(48-24-12-19-44(40-48)52-30-15-33-55-51-27-7-6-18-43(51)38-39-56(52)55)50-26-14-21-46(42-50)54-32-17-37-62-64(54)58-29-9-11-36-61(58)67(62)47-22-4-3-5-23-47/h3-42H,1-2H3. The van der Waals surface area contributed by atoms with Gasteiger partial charge in [-0.25, -0.2) is 0 Å². The molecule has 0 bridgehead atoms. The third-order valence-corrected chi connectivity index (χ3v) is 14.4. The van der Waals surface area contributed by atoms with Gasteiger partial charge in [-0.05, 0) is 138 Å². The van der Waals surface area contributed by atoms with Gasteiger partial charge >= 0.3 is 0 Å². The Morgan fingerprint density at radius 3 is 1.64 bits per heavy atom. The predicted octanol–water partition coefficient (Wildman–Crippen LogP) is 17.9. The van der Waals surface area contributed by atoms with Crippen LogP contribution in [0.1, 0.15) is 25.0 Å². The average molecular weight is 855 g/mol. The van der Waals surface area contributed by atoms with Gasteiger partial charge in [0.25, 0.3) is 0 Å². The summed E-state index contributed by atoms with van der Waals surface area (Å²) in [4.78, 5) is 2.45. The summed E-state index contributed by atoms with van der Waals surface area (Å²) in [6.45, 7) is 4.72. The molecule has 67 heavy (non-hydrogen) atoms. The first-order valence-electron chi connectivity index (χ1n) is 23.3. The molecule has 0 radical (unpaired) electrons. The molecule has 0 saturated heterocycles. The summed E-state index contributed by atoms with van der Waals surface area (Å²) in [5.74, 6) is 0. The third kappa shape index (κ3) is 6.18. The molecule has 0 amide bonds. The predicted molar refractivity (Wildman–Crippen MR) is 284 cm³/mol. The summed E-state index contributed by atoms with van der Waals surface area (Å²) in [5, 5.41) is 7.53. The van der Waals surface area contributed by atoms with Gasteiger partial charge in [-0.3, -0.25) is 0 Å². The summed E-state index contributed by atoms with van der Waals surface area (Å²) in [6.07, 6.45) is 0. The highest BCUT2D eigenvalue weighted by molar-refractivity contribution is 6.16. The van der Waals surface area contributed by atoms with E-state index in [2.05, 4.69) is 266 Å². The van der Waals surface area contributed by atoms with Crippen molar-refractivity contribution in [2.75, 3.05) is 4.90 Å². The van der Waals surface area contributed by atoms with Crippen LogP contribution in [0, 0.1) is 0 Å². The van der Waals surface area contributed by atoms with E-state index in [0.29, 0.717) is 0 Å². The van der Waals surface area contributed by atoms with E-state index in [1.807, 2.05) is 0 Å². The van der Waals surface area contributed by atoms with E-state index in [1.165, 1.54) is 93.4 Å². The number of fused-ring (bicyclic) bond motifs is 9. The van der Waals surface area contributed by atoms with Gasteiger partial charge in [0.2, 0.25) is 0 Å². The minimum Gasteiger partial charge on any atom is -0.310 e. The van der Waals surface area contributed by atoms with Crippen LogP contribution in [0.5, 0.6) is 0 Å². The molecule has 0 spiro atoms. The Kier molecular flexibility index (Phi) is 8.91. The lowest BCUT2D eigenvalue weighted by Crippen LogP contribution is -2.14. The average Bonchev–Trinajstić information content (AvgIpc) is 3.85. The number of hydrogen-bond donors (Lipinski definition) is 0. The quantitative estimate of drug-likeness (QED) is 0.145. The molecule has 1 aliphatic carbocycles. The largest absolute Gasteiger partial charge is 0.310 e. The van der Waals surface area contributed by atoms with E-state index in [4.69, 9.17) is 0 Å². The topological polar surface area (TPSA) is 8.17 Å². The fourth-order valence-electron chi connectivity index (χ4n) is 11.3. The van der Waals surface area contributed by atoms with Crippen molar-refractivity contribution < 1.29 is 0 Å². The minimum absolute atomic E-state index is 0.0867. The Morgan fingerprint density at radius 1 is 0.343 bits per heavy atom. The summed E-state index contributed by atoms with van der Waals surface area (Å²) < 4.78 is 2.40. The van der Waals surface area contributed by atoms with Crippen LogP contribution < -0.4 is 4.90 Å². The Balaban J connectivity index is 1.01. The lowest BCUT2D eigenvalue weighted by Gasteiger charge is -2.27. The first-order valence-corrected chi connectivity index (χ1v) is 23.3. The summed E-state index contributed by atoms with van der Waals surface area (Å²) in [6, 6.07) is 89.5. The van der Waals surface area contributed by atoms with E-state index >= 15 is 0 Å². The molecular weight excluding hydrogens is 809 g/mol. The smallest absolute Gasteiger partial charge is 0.0547 e. The van der Waals surface area contributed by atoms with Crippen LogP contribution in [0.25, 0.3) is 93.5 Å². The molecule has 2 nitrogen and oxygen atoms in total. The van der Waals surface area contributed by atoms with Crippen molar-refractivity contribution in [3.05, 3.63) is 254 Å². The van der Waals surface area contributed by atoms with Crippen LogP contribution in [0.3, 0.4) is 0 Å². The maximum absolute atomic E-state index is 2.45. The van der Waals surface area contributed by atoms with Crippen molar-refractivity contribution in [3.8, 4) is 50.2 Å². The molecule has 11 aromatic carbocycles. The highest BCUT2D eigenvalue weighted by Gasteiger charge is 2.36. The Labute approximate surface area is 391 Å². The third-order valence-electron chi connectivity index (χ3n) is 14.4. The van der Waals surface area contributed by atoms with Crippen LogP contribution >= 0.6 is 0 Å². The maximum atomic E-state index is 2.45. The SMILES string of the molecule is CC1(C)c2ccccc2-c2c(-c3cccc(N(c4cccc(-c5cccc6c5ccc5ccccc56)c4)c4cccc(-c5cccc6c5c5ccccc5n6-c5ccccc5)c4)c3)cccc21. The maximum Gasteiger partial charge on any atom is 0.0547 e. The molecule has 1 aromatic heterocycles. The van der Waals surface area contributed by atoms with E-state index < -0.39 is 0 Å². The van der Waals surface area contributed by atoms with Gasteiger partial charge in [-0.15, -0.1) is 0 Å². The van der Waals surface area contributed by atoms with E-state index in [9.17, 15) is 0 Å².